The van der Waals surface area contributed by atoms with E-state index in [9.17, 15) is 9.59 Å². The molecule has 0 aliphatic heterocycles. The molecule has 2 aromatic rings. The van der Waals surface area contributed by atoms with Crippen LogP contribution in [0.1, 0.15) is 26.1 Å². The molecule has 0 atom stereocenters. The molecular formula is C13H18N4O2. The number of imidazole rings is 1. The van der Waals surface area contributed by atoms with Crippen LogP contribution in [0.5, 0.6) is 0 Å². The van der Waals surface area contributed by atoms with Gasteiger partial charge in [0.2, 0.25) is 0 Å². The fourth-order valence-electron chi connectivity index (χ4n) is 2.08. The lowest BCUT2D eigenvalue weighted by Crippen LogP contribution is -2.39. The van der Waals surface area contributed by atoms with E-state index in [-0.39, 0.29) is 17.8 Å². The lowest BCUT2D eigenvalue weighted by atomic mass is 10.4. The maximum atomic E-state index is 12.3. The van der Waals surface area contributed by atoms with Crippen LogP contribution in [-0.4, -0.2) is 19.1 Å². The molecule has 0 bridgehead atoms. The van der Waals surface area contributed by atoms with E-state index in [1.807, 2.05) is 19.9 Å². The molecule has 0 spiro atoms. The Morgan fingerprint density at radius 1 is 1.32 bits per heavy atom. The van der Waals surface area contributed by atoms with Crippen molar-refractivity contribution in [1.29, 1.82) is 0 Å². The molecule has 0 saturated carbocycles. The molecule has 6 nitrogen and oxygen atoms in total. The number of allylic oxidation sites excluding steroid dienone is 2. The molecule has 1 N–H and O–H groups in total. The fourth-order valence-corrected chi connectivity index (χ4v) is 2.08. The van der Waals surface area contributed by atoms with Crippen molar-refractivity contribution in [3.8, 4) is 0 Å². The second-order valence-corrected chi connectivity index (χ2v) is 4.44. The van der Waals surface area contributed by atoms with Gasteiger partial charge < -0.3 is 4.98 Å². The maximum Gasteiger partial charge on any atom is 0.333 e. The van der Waals surface area contributed by atoms with Crippen LogP contribution < -0.4 is 11.2 Å². The zero-order valence-electron chi connectivity index (χ0n) is 11.4. The highest BCUT2D eigenvalue weighted by Gasteiger charge is 2.14. The van der Waals surface area contributed by atoms with E-state index in [0.717, 1.165) is 6.42 Å². The second kappa shape index (κ2) is 5.26. The van der Waals surface area contributed by atoms with Gasteiger partial charge in [-0.1, -0.05) is 19.1 Å². The molecule has 0 fully saturated rings. The lowest BCUT2D eigenvalue weighted by Gasteiger charge is -2.08. The molecule has 0 unspecified atom stereocenters. The molecule has 2 heterocycles. The summed E-state index contributed by atoms with van der Waals surface area (Å²) in [6, 6.07) is 0. The number of aryl methyl sites for hydroxylation is 2. The lowest BCUT2D eigenvalue weighted by molar-refractivity contribution is 0.594. The second-order valence-electron chi connectivity index (χ2n) is 4.44. The number of fused-ring (bicyclic) bond motifs is 1. The first kappa shape index (κ1) is 13.3. The van der Waals surface area contributed by atoms with Gasteiger partial charge in [-0.2, -0.15) is 0 Å². The molecule has 0 aromatic carbocycles. The fraction of sp³-hybridized carbons (Fsp3) is 0.462. The van der Waals surface area contributed by atoms with Crippen molar-refractivity contribution in [3.05, 3.63) is 38.8 Å². The van der Waals surface area contributed by atoms with Crippen molar-refractivity contribution >= 4 is 11.2 Å². The van der Waals surface area contributed by atoms with Gasteiger partial charge in [-0.25, -0.2) is 9.78 Å². The molecule has 0 aliphatic carbocycles. The van der Waals surface area contributed by atoms with Crippen LogP contribution in [0.3, 0.4) is 0 Å². The summed E-state index contributed by atoms with van der Waals surface area (Å²) in [7, 11) is 0. The van der Waals surface area contributed by atoms with Gasteiger partial charge in [0.1, 0.15) is 11.3 Å². The van der Waals surface area contributed by atoms with E-state index in [1.54, 1.807) is 17.6 Å². The van der Waals surface area contributed by atoms with E-state index < -0.39 is 0 Å². The van der Waals surface area contributed by atoms with Crippen LogP contribution in [-0.2, 0) is 13.1 Å². The smallest absolute Gasteiger partial charge is 0.333 e. The summed E-state index contributed by atoms with van der Waals surface area (Å²) >= 11 is 0. The van der Waals surface area contributed by atoms with E-state index in [2.05, 4.69) is 9.97 Å². The molecule has 0 aliphatic rings. The maximum absolute atomic E-state index is 12.3. The highest BCUT2D eigenvalue weighted by atomic mass is 16.2. The van der Waals surface area contributed by atoms with E-state index in [4.69, 9.17) is 0 Å². The average molecular weight is 262 g/mol. The third-order valence-electron chi connectivity index (χ3n) is 2.95. The van der Waals surface area contributed by atoms with E-state index >= 15 is 0 Å². The number of nitrogens with one attached hydrogen (secondary N) is 1. The molecule has 0 amide bonds. The van der Waals surface area contributed by atoms with Gasteiger partial charge >= 0.3 is 5.69 Å². The monoisotopic (exact) mass is 262 g/mol. The van der Waals surface area contributed by atoms with Crippen LogP contribution in [0.15, 0.2) is 21.7 Å². The highest BCUT2D eigenvalue weighted by molar-refractivity contribution is 5.69. The quantitative estimate of drug-likeness (QED) is 0.841. The Hall–Kier alpha value is -2.11. The Morgan fingerprint density at radius 2 is 2.05 bits per heavy atom. The first-order valence-electron chi connectivity index (χ1n) is 6.41. The number of hydrogen-bond donors (Lipinski definition) is 1. The zero-order valence-corrected chi connectivity index (χ0v) is 11.4. The van der Waals surface area contributed by atoms with Gasteiger partial charge in [-0.15, -0.1) is 0 Å². The molecule has 2 aromatic heterocycles. The third kappa shape index (κ3) is 2.25. The topological polar surface area (TPSA) is 72.7 Å². The average Bonchev–Trinajstić information content (AvgIpc) is 2.76. The largest absolute Gasteiger partial charge is 0.336 e. The van der Waals surface area contributed by atoms with E-state index in [1.165, 1.54) is 4.57 Å². The normalized spacial score (nSPS) is 11.7. The number of aromatic amines is 1. The molecule has 0 radical (unpaired) electrons. The minimum atomic E-state index is -0.314. The van der Waals surface area contributed by atoms with Crippen molar-refractivity contribution in [3.63, 3.8) is 0 Å². The highest BCUT2D eigenvalue weighted by Crippen LogP contribution is 2.05. The summed E-state index contributed by atoms with van der Waals surface area (Å²) < 4.78 is 2.79. The van der Waals surface area contributed by atoms with Crippen molar-refractivity contribution in [2.45, 2.75) is 40.3 Å². The van der Waals surface area contributed by atoms with E-state index in [0.29, 0.717) is 23.5 Å². The Labute approximate surface area is 110 Å². The van der Waals surface area contributed by atoms with Crippen LogP contribution >= 0.6 is 0 Å². The van der Waals surface area contributed by atoms with Gasteiger partial charge in [0.05, 0.1) is 0 Å². The molecule has 19 heavy (non-hydrogen) atoms. The number of nitrogens with zero attached hydrogens (tertiary/aromatic N) is 3. The first-order chi connectivity index (χ1) is 9.10. The summed E-state index contributed by atoms with van der Waals surface area (Å²) in [5.74, 6) is 0.639. The zero-order chi connectivity index (χ0) is 14.0. The SMILES string of the molecule is CC=CCn1c(=O)c2[nH]c(C)nc2n(CCC)c1=O. The molecule has 102 valence electrons. The van der Waals surface area contributed by atoms with Crippen LogP contribution in [0.4, 0.5) is 0 Å². The Balaban J connectivity index is 2.82. The Bertz CT molecular complexity index is 733. The number of H-pyrrole nitrogens is 1. The standard InChI is InChI=1S/C13H18N4O2/c1-4-6-8-17-12(18)10-11(15-9(3)14-10)16(7-5-2)13(17)19/h4,6H,5,7-8H2,1-3H3,(H,14,15). The minimum absolute atomic E-state index is 0.284. The van der Waals surface area contributed by atoms with Crippen molar-refractivity contribution in [2.24, 2.45) is 0 Å². The molecule has 2 rings (SSSR count). The summed E-state index contributed by atoms with van der Waals surface area (Å²) in [6.45, 7) is 6.45. The van der Waals surface area contributed by atoms with Gasteiger partial charge in [-0.3, -0.25) is 13.9 Å². The van der Waals surface area contributed by atoms with Crippen molar-refractivity contribution in [1.82, 2.24) is 19.1 Å². The molecule has 0 saturated heterocycles. The van der Waals surface area contributed by atoms with Gasteiger partial charge in [0.15, 0.2) is 5.65 Å². The van der Waals surface area contributed by atoms with Crippen LogP contribution in [0, 0.1) is 6.92 Å². The van der Waals surface area contributed by atoms with Crippen molar-refractivity contribution < 1.29 is 0 Å². The number of rotatable bonds is 4. The Morgan fingerprint density at radius 3 is 2.68 bits per heavy atom. The predicted molar refractivity (Wildman–Crippen MR) is 74.5 cm³/mol. The third-order valence-corrected chi connectivity index (χ3v) is 2.95. The summed E-state index contributed by atoms with van der Waals surface area (Å²) in [4.78, 5) is 31.8. The summed E-state index contributed by atoms with van der Waals surface area (Å²) in [5, 5.41) is 0. The predicted octanol–water partition coefficient (Wildman–Crippen LogP) is 1.18. The Kier molecular flexibility index (Phi) is 3.69. The van der Waals surface area contributed by atoms with Gasteiger partial charge in [-0.05, 0) is 20.3 Å². The number of hydrogen-bond acceptors (Lipinski definition) is 3. The summed E-state index contributed by atoms with van der Waals surface area (Å²) in [6.07, 6.45) is 4.41. The summed E-state index contributed by atoms with van der Waals surface area (Å²) in [5.41, 5.74) is 0.233. The van der Waals surface area contributed by atoms with Gasteiger partial charge in [0, 0.05) is 13.1 Å². The molecule has 6 heteroatoms. The van der Waals surface area contributed by atoms with Gasteiger partial charge in [0.25, 0.3) is 5.56 Å². The van der Waals surface area contributed by atoms with Crippen LogP contribution in [0.25, 0.3) is 11.2 Å². The molecular weight excluding hydrogens is 244 g/mol. The van der Waals surface area contributed by atoms with Crippen molar-refractivity contribution in [2.75, 3.05) is 0 Å². The minimum Gasteiger partial charge on any atom is -0.336 e. The van der Waals surface area contributed by atoms with Crippen LogP contribution in [0.2, 0.25) is 0 Å². The first-order valence-corrected chi connectivity index (χ1v) is 6.41. The number of aromatic nitrogens is 4.